The van der Waals surface area contributed by atoms with Gasteiger partial charge in [-0.1, -0.05) is 24.3 Å². The number of hydrogen-bond donors (Lipinski definition) is 0. The van der Waals surface area contributed by atoms with E-state index in [9.17, 15) is 22.4 Å². The lowest BCUT2D eigenvalue weighted by Gasteiger charge is -2.31. The van der Waals surface area contributed by atoms with Gasteiger partial charge in [-0.3, -0.25) is 9.69 Å². The number of likely N-dealkylation sites (tertiary alicyclic amines) is 2. The first-order chi connectivity index (χ1) is 14.9. The van der Waals surface area contributed by atoms with Crippen molar-refractivity contribution in [3.8, 4) is 11.1 Å². The van der Waals surface area contributed by atoms with Crippen LogP contribution in [0.3, 0.4) is 0 Å². The zero-order valence-corrected chi connectivity index (χ0v) is 17.2. The van der Waals surface area contributed by atoms with Crippen LogP contribution < -0.4 is 0 Å². The molecule has 4 rings (SSSR count). The van der Waals surface area contributed by atoms with E-state index in [1.54, 1.807) is 24.3 Å². The van der Waals surface area contributed by atoms with E-state index in [1.807, 2.05) is 4.90 Å². The van der Waals surface area contributed by atoms with Crippen molar-refractivity contribution >= 4 is 5.91 Å². The summed E-state index contributed by atoms with van der Waals surface area (Å²) in [6, 6.07) is 12.0. The third-order valence-electron chi connectivity index (χ3n) is 6.44. The van der Waals surface area contributed by atoms with Gasteiger partial charge in [0.1, 0.15) is 6.67 Å². The van der Waals surface area contributed by atoms with Crippen molar-refractivity contribution in [2.24, 2.45) is 0 Å². The van der Waals surface area contributed by atoms with Gasteiger partial charge in [-0.05, 0) is 67.6 Å². The maximum atomic E-state index is 13.2. The molecule has 0 aromatic heterocycles. The summed E-state index contributed by atoms with van der Waals surface area (Å²) in [5.41, 5.74) is 1.30. The van der Waals surface area contributed by atoms with E-state index in [-0.39, 0.29) is 24.7 Å². The molecule has 2 aliphatic heterocycles. The molecule has 1 amide bonds. The molecular weight excluding hydrogens is 408 g/mol. The molecule has 2 aromatic carbocycles. The van der Waals surface area contributed by atoms with Crippen LogP contribution >= 0.6 is 0 Å². The Morgan fingerprint density at radius 2 is 1.45 bits per heavy atom. The van der Waals surface area contributed by atoms with E-state index in [4.69, 9.17) is 0 Å². The van der Waals surface area contributed by atoms with Crippen LogP contribution in [-0.4, -0.2) is 54.1 Å². The summed E-state index contributed by atoms with van der Waals surface area (Å²) in [6.45, 7) is 1.95. The monoisotopic (exact) mass is 434 g/mol. The molecule has 166 valence electrons. The molecule has 2 aromatic rings. The van der Waals surface area contributed by atoms with Gasteiger partial charge in [0.05, 0.1) is 5.56 Å². The van der Waals surface area contributed by atoms with Crippen molar-refractivity contribution in [1.82, 2.24) is 9.80 Å². The quantitative estimate of drug-likeness (QED) is 0.588. The number of rotatable bonds is 5. The molecule has 0 spiro atoms. The van der Waals surface area contributed by atoms with Crippen LogP contribution in [0, 0.1) is 0 Å². The predicted molar refractivity (Wildman–Crippen MR) is 112 cm³/mol. The second-order valence-electron chi connectivity index (χ2n) is 8.39. The first-order valence-corrected chi connectivity index (χ1v) is 10.8. The van der Waals surface area contributed by atoms with Crippen molar-refractivity contribution in [3.63, 3.8) is 0 Å². The van der Waals surface area contributed by atoms with E-state index in [0.717, 1.165) is 49.9 Å². The highest BCUT2D eigenvalue weighted by molar-refractivity contribution is 5.95. The number of hydrogen-bond acceptors (Lipinski definition) is 2. The van der Waals surface area contributed by atoms with Gasteiger partial charge < -0.3 is 4.90 Å². The van der Waals surface area contributed by atoms with Crippen molar-refractivity contribution in [2.75, 3.05) is 26.3 Å². The van der Waals surface area contributed by atoms with Gasteiger partial charge in [0, 0.05) is 30.7 Å². The molecule has 2 heterocycles. The van der Waals surface area contributed by atoms with E-state index in [0.29, 0.717) is 24.2 Å². The Balaban J connectivity index is 1.44. The first kappa shape index (κ1) is 21.8. The first-order valence-electron chi connectivity index (χ1n) is 10.8. The molecule has 7 heteroatoms. The SMILES string of the molecule is O=C(c1ccc(-c2ccc(C(F)(F)F)cc2)cc1)N1CCC[C@H]1CN1CCC[C@H]1CF. The second-order valence-corrected chi connectivity index (χ2v) is 8.39. The second kappa shape index (κ2) is 8.99. The molecule has 0 aliphatic carbocycles. The van der Waals surface area contributed by atoms with Crippen LogP contribution in [0.2, 0.25) is 0 Å². The number of carbonyl (C=O) groups is 1. The van der Waals surface area contributed by atoms with Crippen molar-refractivity contribution in [3.05, 3.63) is 59.7 Å². The summed E-state index contributed by atoms with van der Waals surface area (Å²) in [5, 5.41) is 0. The largest absolute Gasteiger partial charge is 0.416 e. The number of carbonyl (C=O) groups excluding carboxylic acids is 1. The number of alkyl halides is 4. The number of amides is 1. The summed E-state index contributed by atoms with van der Waals surface area (Å²) in [4.78, 5) is 17.2. The minimum atomic E-state index is -4.36. The Hall–Kier alpha value is -2.41. The van der Waals surface area contributed by atoms with E-state index < -0.39 is 11.7 Å². The molecule has 2 fully saturated rings. The maximum Gasteiger partial charge on any atom is 0.416 e. The molecule has 31 heavy (non-hydrogen) atoms. The minimum absolute atomic E-state index is 0.0273. The van der Waals surface area contributed by atoms with Crippen LogP contribution in [-0.2, 0) is 6.18 Å². The molecule has 0 saturated carbocycles. The Labute approximate surface area is 179 Å². The number of benzene rings is 2. The Morgan fingerprint density at radius 1 is 0.871 bits per heavy atom. The highest BCUT2D eigenvalue weighted by Crippen LogP contribution is 2.31. The van der Waals surface area contributed by atoms with E-state index >= 15 is 0 Å². The van der Waals surface area contributed by atoms with Gasteiger partial charge >= 0.3 is 6.18 Å². The highest BCUT2D eigenvalue weighted by Gasteiger charge is 2.34. The Bertz CT molecular complexity index is 895. The summed E-state index contributed by atoms with van der Waals surface area (Å²) in [6.07, 6.45) is -0.622. The number of halogens is 4. The van der Waals surface area contributed by atoms with Gasteiger partial charge in [-0.15, -0.1) is 0 Å². The predicted octanol–water partition coefficient (Wildman–Crippen LogP) is 5.41. The average molecular weight is 434 g/mol. The fourth-order valence-electron chi connectivity index (χ4n) is 4.70. The summed E-state index contributed by atoms with van der Waals surface area (Å²) < 4.78 is 51.5. The minimum Gasteiger partial charge on any atom is -0.334 e. The third kappa shape index (κ3) is 4.76. The highest BCUT2D eigenvalue weighted by atomic mass is 19.4. The molecule has 0 unspecified atom stereocenters. The standard InChI is InChI=1S/C24H26F4N2O/c25-15-21-3-1-13-29(21)16-22-4-2-14-30(22)23(31)19-7-5-17(6-8-19)18-9-11-20(12-10-18)24(26,27)28/h5-12,21-22H,1-4,13-16H2/t21-,22-/m0/s1. The van der Waals surface area contributed by atoms with Crippen molar-refractivity contribution in [1.29, 1.82) is 0 Å². The van der Waals surface area contributed by atoms with Crippen LogP contribution in [0.5, 0.6) is 0 Å². The Kier molecular flexibility index (Phi) is 6.32. The topological polar surface area (TPSA) is 23.6 Å². The van der Waals surface area contributed by atoms with Crippen LogP contribution in [0.4, 0.5) is 17.6 Å². The zero-order chi connectivity index (χ0) is 22.0. The molecule has 3 nitrogen and oxygen atoms in total. The Morgan fingerprint density at radius 3 is 2.06 bits per heavy atom. The molecule has 2 atom stereocenters. The lowest BCUT2D eigenvalue weighted by atomic mass is 10.0. The van der Waals surface area contributed by atoms with Gasteiger partial charge in [0.15, 0.2) is 0 Å². The third-order valence-corrected chi connectivity index (χ3v) is 6.44. The van der Waals surface area contributed by atoms with E-state index in [2.05, 4.69) is 4.90 Å². The summed E-state index contributed by atoms with van der Waals surface area (Å²) in [7, 11) is 0. The summed E-state index contributed by atoms with van der Waals surface area (Å²) >= 11 is 0. The van der Waals surface area contributed by atoms with E-state index in [1.165, 1.54) is 12.1 Å². The molecule has 0 N–H and O–H groups in total. The van der Waals surface area contributed by atoms with Crippen LogP contribution in [0.15, 0.2) is 48.5 Å². The molecule has 0 bridgehead atoms. The lowest BCUT2D eigenvalue weighted by Crippen LogP contribution is -2.45. The van der Waals surface area contributed by atoms with Gasteiger partial charge in [-0.2, -0.15) is 13.2 Å². The zero-order valence-electron chi connectivity index (χ0n) is 17.2. The van der Waals surface area contributed by atoms with Crippen molar-refractivity contribution in [2.45, 2.75) is 43.9 Å². The average Bonchev–Trinajstić information content (AvgIpc) is 3.42. The van der Waals surface area contributed by atoms with Gasteiger partial charge in [0.2, 0.25) is 0 Å². The van der Waals surface area contributed by atoms with Crippen LogP contribution in [0.1, 0.15) is 41.6 Å². The van der Waals surface area contributed by atoms with Gasteiger partial charge in [-0.25, -0.2) is 4.39 Å². The molecule has 0 radical (unpaired) electrons. The van der Waals surface area contributed by atoms with Crippen LogP contribution in [0.25, 0.3) is 11.1 Å². The maximum absolute atomic E-state index is 13.2. The fraction of sp³-hybridized carbons (Fsp3) is 0.458. The molecular formula is C24H26F4N2O. The summed E-state index contributed by atoms with van der Waals surface area (Å²) in [5.74, 6) is -0.0440. The van der Waals surface area contributed by atoms with Gasteiger partial charge in [0.25, 0.3) is 5.91 Å². The number of nitrogens with zero attached hydrogens (tertiary/aromatic N) is 2. The molecule has 2 saturated heterocycles. The lowest BCUT2D eigenvalue weighted by molar-refractivity contribution is -0.137. The van der Waals surface area contributed by atoms with Crippen molar-refractivity contribution < 1.29 is 22.4 Å². The molecule has 2 aliphatic rings. The smallest absolute Gasteiger partial charge is 0.334 e. The normalized spacial score (nSPS) is 22.3. The fourth-order valence-corrected chi connectivity index (χ4v) is 4.70.